The highest BCUT2D eigenvalue weighted by molar-refractivity contribution is 5.97. The van der Waals surface area contributed by atoms with Crippen molar-refractivity contribution in [2.75, 3.05) is 12.3 Å². The number of carbonyl (C=O) groups is 1. The number of hydrogen-bond acceptors (Lipinski definition) is 5. The number of nitrogens with zero attached hydrogens (tertiary/aromatic N) is 5. The minimum absolute atomic E-state index is 0.167. The minimum atomic E-state index is -0.167. The maximum absolute atomic E-state index is 12.5. The lowest BCUT2D eigenvalue weighted by Gasteiger charge is -2.26. The van der Waals surface area contributed by atoms with Crippen LogP contribution in [-0.2, 0) is 13.1 Å². The van der Waals surface area contributed by atoms with Crippen molar-refractivity contribution >= 4 is 11.6 Å². The van der Waals surface area contributed by atoms with E-state index in [1.54, 1.807) is 11.2 Å². The van der Waals surface area contributed by atoms with Crippen molar-refractivity contribution in [3.8, 4) is 0 Å². The molecule has 0 atom stereocenters. The first-order valence-electron chi connectivity index (χ1n) is 6.57. The van der Waals surface area contributed by atoms with E-state index in [2.05, 4.69) is 20.4 Å². The van der Waals surface area contributed by atoms with Crippen LogP contribution in [0.5, 0.6) is 0 Å². The van der Waals surface area contributed by atoms with Gasteiger partial charge in [0.1, 0.15) is 6.33 Å². The van der Waals surface area contributed by atoms with Crippen LogP contribution in [0.25, 0.3) is 0 Å². The quantitative estimate of drug-likeness (QED) is 0.823. The van der Waals surface area contributed by atoms with Crippen molar-refractivity contribution in [1.29, 1.82) is 0 Å². The first kappa shape index (κ1) is 12.6. The van der Waals surface area contributed by atoms with E-state index >= 15 is 0 Å². The summed E-state index contributed by atoms with van der Waals surface area (Å²) in [5.41, 5.74) is 7.55. The van der Waals surface area contributed by atoms with Crippen LogP contribution in [0.1, 0.15) is 41.8 Å². The molecule has 106 valence electrons. The Morgan fingerprint density at radius 1 is 1.45 bits per heavy atom. The Labute approximate surface area is 116 Å². The number of rotatable bonds is 2. The Morgan fingerprint density at radius 3 is 2.95 bits per heavy atom. The van der Waals surface area contributed by atoms with Crippen LogP contribution in [-0.4, -0.2) is 42.3 Å². The molecule has 3 N–H and O–H groups in total. The van der Waals surface area contributed by atoms with Crippen LogP contribution in [0, 0.1) is 0 Å². The number of aromatic amines is 1. The summed E-state index contributed by atoms with van der Waals surface area (Å²) in [6.45, 7) is 5.73. The van der Waals surface area contributed by atoms with Crippen LogP contribution < -0.4 is 5.73 Å². The molecule has 1 aliphatic rings. The topological polar surface area (TPSA) is 106 Å². The maximum Gasteiger partial charge on any atom is 0.276 e. The van der Waals surface area contributed by atoms with E-state index in [9.17, 15) is 4.79 Å². The monoisotopic (exact) mass is 275 g/mol. The molecule has 0 fully saturated rings. The van der Waals surface area contributed by atoms with E-state index in [1.165, 1.54) is 0 Å². The molecule has 8 heteroatoms. The van der Waals surface area contributed by atoms with Gasteiger partial charge in [0.2, 0.25) is 0 Å². The number of fused-ring (bicyclic) bond motifs is 1. The number of hydrogen-bond donors (Lipinski definition) is 2. The summed E-state index contributed by atoms with van der Waals surface area (Å²) in [5.74, 6) is 0.816. The summed E-state index contributed by atoms with van der Waals surface area (Å²) in [4.78, 5) is 14.2. The number of nitrogens with one attached hydrogen (secondary N) is 1. The molecular formula is C12H17N7O. The zero-order valence-electron chi connectivity index (χ0n) is 11.5. The molecule has 2 aromatic heterocycles. The highest BCUT2D eigenvalue weighted by Gasteiger charge is 2.27. The zero-order valence-corrected chi connectivity index (χ0v) is 11.5. The Bertz CT molecular complexity index is 642. The molecule has 0 saturated carbocycles. The summed E-state index contributed by atoms with van der Waals surface area (Å²) in [7, 11) is 0. The molecule has 0 radical (unpaired) electrons. The van der Waals surface area contributed by atoms with Crippen molar-refractivity contribution in [2.24, 2.45) is 0 Å². The second-order valence-corrected chi connectivity index (χ2v) is 5.22. The molecule has 3 rings (SSSR count). The lowest BCUT2D eigenvalue weighted by Crippen LogP contribution is -2.38. The average Bonchev–Trinajstić information content (AvgIpc) is 3.03. The number of H-pyrrole nitrogens is 1. The van der Waals surface area contributed by atoms with E-state index in [4.69, 9.17) is 5.73 Å². The number of nitrogens with two attached hydrogens (primary N) is 1. The highest BCUT2D eigenvalue weighted by Crippen LogP contribution is 2.24. The van der Waals surface area contributed by atoms with Gasteiger partial charge in [0.25, 0.3) is 5.91 Å². The predicted molar refractivity (Wildman–Crippen MR) is 71.9 cm³/mol. The molecule has 0 unspecified atom stereocenters. The smallest absolute Gasteiger partial charge is 0.276 e. The van der Waals surface area contributed by atoms with Gasteiger partial charge in [-0.3, -0.25) is 9.89 Å². The van der Waals surface area contributed by atoms with Crippen molar-refractivity contribution < 1.29 is 4.79 Å². The van der Waals surface area contributed by atoms with E-state index in [0.29, 0.717) is 31.0 Å². The number of amides is 1. The third-order valence-electron chi connectivity index (χ3n) is 3.54. The summed E-state index contributed by atoms with van der Waals surface area (Å²) >= 11 is 0. The fourth-order valence-electron chi connectivity index (χ4n) is 2.36. The Hall–Kier alpha value is -2.38. The lowest BCUT2D eigenvalue weighted by molar-refractivity contribution is 0.0702. The van der Waals surface area contributed by atoms with E-state index < -0.39 is 0 Å². The van der Waals surface area contributed by atoms with Crippen molar-refractivity contribution in [2.45, 2.75) is 32.9 Å². The van der Waals surface area contributed by atoms with Crippen molar-refractivity contribution in [1.82, 2.24) is 29.9 Å². The lowest BCUT2D eigenvalue weighted by atomic mass is 10.1. The molecule has 0 spiro atoms. The molecule has 0 aliphatic carbocycles. The largest absolute Gasteiger partial charge is 0.395 e. The minimum Gasteiger partial charge on any atom is -0.395 e. The fourth-order valence-corrected chi connectivity index (χ4v) is 2.36. The summed E-state index contributed by atoms with van der Waals surface area (Å²) < 4.78 is 1.94. The molecule has 0 saturated heterocycles. The Morgan fingerprint density at radius 2 is 2.25 bits per heavy atom. The second-order valence-electron chi connectivity index (χ2n) is 5.22. The average molecular weight is 275 g/mol. The van der Waals surface area contributed by atoms with Gasteiger partial charge < -0.3 is 15.2 Å². The molecule has 3 heterocycles. The first-order chi connectivity index (χ1) is 9.58. The van der Waals surface area contributed by atoms with Gasteiger partial charge in [-0.05, 0) is 5.92 Å². The third-order valence-corrected chi connectivity index (χ3v) is 3.54. The van der Waals surface area contributed by atoms with Crippen LogP contribution in [0.3, 0.4) is 0 Å². The number of nitrogen functional groups attached to an aromatic ring is 1. The van der Waals surface area contributed by atoms with Crippen molar-refractivity contribution in [3.05, 3.63) is 23.5 Å². The van der Waals surface area contributed by atoms with E-state index in [-0.39, 0.29) is 11.8 Å². The van der Waals surface area contributed by atoms with Crippen LogP contribution >= 0.6 is 0 Å². The number of anilines is 1. The highest BCUT2D eigenvalue weighted by atomic mass is 16.2. The van der Waals surface area contributed by atoms with Gasteiger partial charge in [0, 0.05) is 13.1 Å². The molecule has 1 aliphatic heterocycles. The van der Waals surface area contributed by atoms with E-state index in [1.807, 2.05) is 18.4 Å². The van der Waals surface area contributed by atoms with Crippen LogP contribution in [0.4, 0.5) is 5.69 Å². The maximum atomic E-state index is 12.5. The molecule has 0 bridgehead atoms. The van der Waals surface area contributed by atoms with Gasteiger partial charge in [-0.1, -0.05) is 13.8 Å². The SMILES string of the molecule is CC(C)c1[nH]nc(C(=O)N2CCn3cnnc3C2)c1N. The van der Waals surface area contributed by atoms with Gasteiger partial charge in [0.05, 0.1) is 17.9 Å². The Kier molecular flexibility index (Phi) is 2.92. The molecule has 2 aromatic rings. The molecule has 8 nitrogen and oxygen atoms in total. The summed E-state index contributed by atoms with van der Waals surface area (Å²) in [6, 6.07) is 0. The van der Waals surface area contributed by atoms with Gasteiger partial charge in [-0.25, -0.2) is 0 Å². The zero-order chi connectivity index (χ0) is 14.3. The third kappa shape index (κ3) is 1.93. The van der Waals surface area contributed by atoms with Crippen LogP contribution in [0.2, 0.25) is 0 Å². The summed E-state index contributed by atoms with van der Waals surface area (Å²) in [6.07, 6.45) is 1.68. The molecular weight excluding hydrogens is 258 g/mol. The second kappa shape index (κ2) is 4.62. The van der Waals surface area contributed by atoms with Gasteiger partial charge in [-0.2, -0.15) is 5.10 Å². The molecule has 1 amide bonds. The Balaban J connectivity index is 1.84. The normalized spacial score (nSPS) is 14.7. The number of aromatic nitrogens is 5. The van der Waals surface area contributed by atoms with E-state index in [0.717, 1.165) is 11.5 Å². The van der Waals surface area contributed by atoms with Gasteiger partial charge in [0.15, 0.2) is 11.5 Å². The fraction of sp³-hybridized carbons (Fsp3) is 0.500. The molecule has 0 aromatic carbocycles. The standard InChI is InChI=1S/C12H17N7O/c1-7(2)10-9(13)11(17-16-10)12(20)18-3-4-19-6-14-15-8(19)5-18/h6-7H,3-5,13H2,1-2H3,(H,16,17). The predicted octanol–water partition coefficient (Wildman–Crippen LogP) is 0.363. The molecule has 20 heavy (non-hydrogen) atoms. The number of carbonyl (C=O) groups excluding carboxylic acids is 1. The summed E-state index contributed by atoms with van der Waals surface area (Å²) in [5, 5.41) is 14.8. The van der Waals surface area contributed by atoms with Crippen molar-refractivity contribution in [3.63, 3.8) is 0 Å². The van der Waals surface area contributed by atoms with Gasteiger partial charge >= 0.3 is 0 Å². The van der Waals surface area contributed by atoms with Crippen LogP contribution in [0.15, 0.2) is 6.33 Å². The van der Waals surface area contributed by atoms with Gasteiger partial charge in [-0.15, -0.1) is 10.2 Å². The first-order valence-corrected chi connectivity index (χ1v) is 6.57.